The number of rotatable bonds is 3. The second-order valence-electron chi connectivity index (χ2n) is 4.41. The molecule has 0 saturated carbocycles. The van der Waals surface area contributed by atoms with E-state index in [0.29, 0.717) is 13.2 Å². The summed E-state index contributed by atoms with van der Waals surface area (Å²) in [4.78, 5) is 11.8. The molecule has 96 valence electrons. The first-order chi connectivity index (χ1) is 8.83. The standard InChI is InChI=1S/C13H15NO4/c15-13(11-2-1-5-16-11)14-7-9-3-4-10-12(6-9)18-8-17-10/h3-4,6,11H,1-2,5,7-8H2,(H,14,15)/t11-/m0/s1. The van der Waals surface area contributed by atoms with Crippen molar-refractivity contribution in [2.24, 2.45) is 0 Å². The van der Waals surface area contributed by atoms with Gasteiger partial charge in [-0.05, 0) is 30.5 Å². The van der Waals surface area contributed by atoms with E-state index in [1.54, 1.807) is 0 Å². The number of nitrogens with one attached hydrogen (secondary N) is 1. The average molecular weight is 249 g/mol. The Morgan fingerprint density at radius 2 is 2.22 bits per heavy atom. The molecule has 2 aliphatic heterocycles. The van der Waals surface area contributed by atoms with Gasteiger partial charge in [-0.2, -0.15) is 0 Å². The SMILES string of the molecule is O=C(NCc1ccc2c(c1)OCO2)[C@@H]1CCCO1. The van der Waals surface area contributed by atoms with Gasteiger partial charge in [0.2, 0.25) is 12.7 Å². The summed E-state index contributed by atoms with van der Waals surface area (Å²) in [6.45, 7) is 1.43. The molecule has 3 rings (SSSR count). The van der Waals surface area contributed by atoms with Crippen molar-refractivity contribution >= 4 is 5.91 Å². The second-order valence-corrected chi connectivity index (χ2v) is 4.41. The number of carbonyl (C=O) groups is 1. The Hall–Kier alpha value is -1.75. The Balaban J connectivity index is 1.58. The third kappa shape index (κ3) is 2.26. The monoisotopic (exact) mass is 249 g/mol. The number of hydrogen-bond donors (Lipinski definition) is 1. The van der Waals surface area contributed by atoms with Crippen LogP contribution < -0.4 is 14.8 Å². The van der Waals surface area contributed by atoms with Gasteiger partial charge in [0.1, 0.15) is 6.10 Å². The minimum Gasteiger partial charge on any atom is -0.454 e. The van der Waals surface area contributed by atoms with Crippen LogP contribution in [0.2, 0.25) is 0 Å². The van der Waals surface area contributed by atoms with Gasteiger partial charge in [0.15, 0.2) is 11.5 Å². The van der Waals surface area contributed by atoms with Crippen LogP contribution in [-0.2, 0) is 16.1 Å². The van der Waals surface area contributed by atoms with Gasteiger partial charge in [-0.3, -0.25) is 4.79 Å². The van der Waals surface area contributed by atoms with Gasteiger partial charge in [0.25, 0.3) is 0 Å². The van der Waals surface area contributed by atoms with Gasteiger partial charge in [-0.1, -0.05) is 6.07 Å². The van der Waals surface area contributed by atoms with Crippen molar-refractivity contribution in [3.63, 3.8) is 0 Å². The van der Waals surface area contributed by atoms with E-state index >= 15 is 0 Å². The molecule has 2 aliphatic rings. The summed E-state index contributed by atoms with van der Waals surface area (Å²) in [6.07, 6.45) is 1.49. The van der Waals surface area contributed by atoms with Crippen molar-refractivity contribution in [3.05, 3.63) is 23.8 Å². The topological polar surface area (TPSA) is 56.8 Å². The van der Waals surface area contributed by atoms with Gasteiger partial charge >= 0.3 is 0 Å². The van der Waals surface area contributed by atoms with E-state index in [2.05, 4.69) is 5.32 Å². The van der Waals surface area contributed by atoms with Crippen LogP contribution in [0.5, 0.6) is 11.5 Å². The highest BCUT2D eigenvalue weighted by molar-refractivity contribution is 5.80. The summed E-state index contributed by atoms with van der Waals surface area (Å²) in [5.74, 6) is 1.45. The van der Waals surface area contributed by atoms with Crippen LogP contribution in [0.1, 0.15) is 18.4 Å². The third-order valence-corrected chi connectivity index (χ3v) is 3.13. The first kappa shape index (κ1) is 11.3. The Kier molecular flexibility index (Phi) is 3.06. The molecule has 1 aromatic rings. The van der Waals surface area contributed by atoms with Crippen LogP contribution in [0, 0.1) is 0 Å². The normalized spacial score (nSPS) is 21.0. The number of ether oxygens (including phenoxy) is 3. The molecule has 0 aliphatic carbocycles. The highest BCUT2D eigenvalue weighted by Crippen LogP contribution is 2.32. The van der Waals surface area contributed by atoms with Crippen LogP contribution >= 0.6 is 0 Å². The number of hydrogen-bond acceptors (Lipinski definition) is 4. The molecule has 1 saturated heterocycles. The van der Waals surface area contributed by atoms with Crippen molar-refractivity contribution in [2.75, 3.05) is 13.4 Å². The van der Waals surface area contributed by atoms with E-state index in [-0.39, 0.29) is 18.8 Å². The Bertz CT molecular complexity index is 454. The lowest BCUT2D eigenvalue weighted by Crippen LogP contribution is -2.33. The molecule has 0 bridgehead atoms. The summed E-state index contributed by atoms with van der Waals surface area (Å²) in [6, 6.07) is 5.66. The van der Waals surface area contributed by atoms with Crippen LogP contribution in [0.15, 0.2) is 18.2 Å². The van der Waals surface area contributed by atoms with E-state index in [9.17, 15) is 4.79 Å². The first-order valence-corrected chi connectivity index (χ1v) is 6.11. The Labute approximate surface area is 105 Å². The van der Waals surface area contributed by atoms with Crippen molar-refractivity contribution in [3.8, 4) is 11.5 Å². The molecule has 5 nitrogen and oxygen atoms in total. The molecule has 1 amide bonds. The number of amides is 1. The van der Waals surface area contributed by atoms with E-state index in [4.69, 9.17) is 14.2 Å². The zero-order chi connectivity index (χ0) is 12.4. The van der Waals surface area contributed by atoms with Crippen molar-refractivity contribution in [2.45, 2.75) is 25.5 Å². The maximum absolute atomic E-state index is 11.8. The summed E-state index contributed by atoms with van der Waals surface area (Å²) in [5, 5.41) is 2.87. The minimum atomic E-state index is -0.279. The molecule has 0 spiro atoms. The zero-order valence-electron chi connectivity index (χ0n) is 9.98. The molecule has 1 fully saturated rings. The first-order valence-electron chi connectivity index (χ1n) is 6.11. The lowest BCUT2D eigenvalue weighted by Gasteiger charge is -2.10. The van der Waals surface area contributed by atoms with Crippen molar-refractivity contribution in [1.29, 1.82) is 0 Å². The summed E-state index contributed by atoms with van der Waals surface area (Å²) >= 11 is 0. The largest absolute Gasteiger partial charge is 0.454 e. The molecule has 5 heteroatoms. The van der Waals surface area contributed by atoms with Crippen LogP contribution in [-0.4, -0.2) is 25.4 Å². The smallest absolute Gasteiger partial charge is 0.249 e. The molecular formula is C13H15NO4. The zero-order valence-corrected chi connectivity index (χ0v) is 9.98. The fourth-order valence-electron chi connectivity index (χ4n) is 2.14. The molecule has 1 aromatic carbocycles. The quantitative estimate of drug-likeness (QED) is 0.874. The fraction of sp³-hybridized carbons (Fsp3) is 0.462. The summed E-state index contributed by atoms with van der Waals surface area (Å²) < 4.78 is 15.8. The Morgan fingerprint density at radius 3 is 3.06 bits per heavy atom. The van der Waals surface area contributed by atoms with Crippen LogP contribution in [0.3, 0.4) is 0 Å². The van der Waals surface area contributed by atoms with Gasteiger partial charge in [0.05, 0.1) is 0 Å². The van der Waals surface area contributed by atoms with Gasteiger partial charge in [0, 0.05) is 13.2 Å². The average Bonchev–Trinajstić information content (AvgIpc) is 3.05. The number of fused-ring (bicyclic) bond motifs is 1. The third-order valence-electron chi connectivity index (χ3n) is 3.13. The number of benzene rings is 1. The fourth-order valence-corrected chi connectivity index (χ4v) is 2.14. The molecule has 18 heavy (non-hydrogen) atoms. The second kappa shape index (κ2) is 4.86. The molecule has 0 radical (unpaired) electrons. The van der Waals surface area contributed by atoms with Gasteiger partial charge in [-0.25, -0.2) is 0 Å². The number of carbonyl (C=O) groups excluding carboxylic acids is 1. The molecule has 1 N–H and O–H groups in total. The molecule has 2 heterocycles. The lowest BCUT2D eigenvalue weighted by atomic mass is 10.2. The molecule has 1 atom stereocenters. The summed E-state index contributed by atoms with van der Waals surface area (Å²) in [7, 11) is 0. The van der Waals surface area contributed by atoms with Crippen LogP contribution in [0.4, 0.5) is 0 Å². The maximum atomic E-state index is 11.8. The molecule has 0 aromatic heterocycles. The van der Waals surface area contributed by atoms with E-state index < -0.39 is 0 Å². The minimum absolute atomic E-state index is 0.0369. The summed E-state index contributed by atoms with van der Waals surface area (Å²) in [5.41, 5.74) is 0.991. The molecule has 0 unspecified atom stereocenters. The highest BCUT2D eigenvalue weighted by atomic mass is 16.7. The van der Waals surface area contributed by atoms with Crippen LogP contribution in [0.25, 0.3) is 0 Å². The van der Waals surface area contributed by atoms with E-state index in [1.807, 2.05) is 18.2 Å². The molecular weight excluding hydrogens is 234 g/mol. The van der Waals surface area contributed by atoms with E-state index in [0.717, 1.165) is 29.9 Å². The predicted octanol–water partition coefficient (Wildman–Crippen LogP) is 1.21. The van der Waals surface area contributed by atoms with Crippen molar-refractivity contribution < 1.29 is 19.0 Å². The lowest BCUT2D eigenvalue weighted by molar-refractivity contribution is -0.130. The van der Waals surface area contributed by atoms with E-state index in [1.165, 1.54) is 0 Å². The highest BCUT2D eigenvalue weighted by Gasteiger charge is 2.23. The van der Waals surface area contributed by atoms with Gasteiger partial charge in [-0.15, -0.1) is 0 Å². The predicted molar refractivity (Wildman–Crippen MR) is 63.4 cm³/mol. The maximum Gasteiger partial charge on any atom is 0.249 e. The Morgan fingerprint density at radius 1 is 1.33 bits per heavy atom. The van der Waals surface area contributed by atoms with Gasteiger partial charge < -0.3 is 19.5 Å². The van der Waals surface area contributed by atoms with Crippen molar-refractivity contribution in [1.82, 2.24) is 5.32 Å².